The van der Waals surface area contributed by atoms with Crippen molar-refractivity contribution in [1.29, 1.82) is 0 Å². The van der Waals surface area contributed by atoms with Crippen LogP contribution < -0.4 is 10.6 Å². The molecule has 0 saturated heterocycles. The quantitative estimate of drug-likeness (QED) is 0.691. The minimum atomic E-state index is 0.441. The van der Waals surface area contributed by atoms with Gasteiger partial charge in [-0.3, -0.25) is 0 Å². The number of likely N-dealkylation sites (N-methyl/N-ethyl adjacent to an activating group) is 1. The van der Waals surface area contributed by atoms with Gasteiger partial charge in [0.2, 0.25) is 0 Å². The number of pyridine rings is 1. The summed E-state index contributed by atoms with van der Waals surface area (Å²) in [6.45, 7) is 3.93. The molecule has 2 aromatic heterocycles. The van der Waals surface area contributed by atoms with E-state index in [9.17, 15) is 0 Å². The molecule has 0 aliphatic heterocycles. The minimum Gasteiger partial charge on any atom is -0.343 e. The maximum Gasteiger partial charge on any atom is 0.177 e. The number of rotatable bonds is 5. The van der Waals surface area contributed by atoms with Gasteiger partial charge in [0.25, 0.3) is 0 Å². The lowest BCUT2D eigenvalue weighted by molar-refractivity contribution is 0.524. The monoisotopic (exact) mass is 219 g/mol. The molecule has 0 aliphatic carbocycles. The Morgan fingerprint density at radius 2 is 2.31 bits per heavy atom. The normalized spacial score (nSPS) is 13.1. The number of aromatic nitrogens is 3. The van der Waals surface area contributed by atoms with E-state index in [1.165, 1.54) is 5.56 Å². The standard InChI is InChI=1S/C11H17N5/c1-8(5-12-2)14-6-9-3-4-13-11-10(9)15-7-16-11/h3-4,7-8,12,14H,5-6H2,1-2H3,(H,13,15,16). The van der Waals surface area contributed by atoms with E-state index in [-0.39, 0.29) is 0 Å². The molecule has 2 rings (SSSR count). The molecular formula is C11H17N5. The molecule has 16 heavy (non-hydrogen) atoms. The molecule has 5 nitrogen and oxygen atoms in total. The van der Waals surface area contributed by atoms with E-state index < -0.39 is 0 Å². The van der Waals surface area contributed by atoms with Crippen molar-refractivity contribution in [3.63, 3.8) is 0 Å². The van der Waals surface area contributed by atoms with E-state index in [0.29, 0.717) is 6.04 Å². The molecule has 2 aromatic rings. The van der Waals surface area contributed by atoms with Crippen LogP contribution in [-0.4, -0.2) is 34.6 Å². The molecule has 86 valence electrons. The number of nitrogens with one attached hydrogen (secondary N) is 3. The Morgan fingerprint density at radius 1 is 1.44 bits per heavy atom. The largest absolute Gasteiger partial charge is 0.343 e. The fraction of sp³-hybridized carbons (Fsp3) is 0.455. The van der Waals surface area contributed by atoms with E-state index in [0.717, 1.165) is 24.3 Å². The molecular weight excluding hydrogens is 202 g/mol. The number of hydrogen-bond donors (Lipinski definition) is 3. The van der Waals surface area contributed by atoms with Crippen LogP contribution in [0.25, 0.3) is 11.2 Å². The van der Waals surface area contributed by atoms with Crippen LogP contribution >= 0.6 is 0 Å². The fourth-order valence-corrected chi connectivity index (χ4v) is 1.71. The first kappa shape index (κ1) is 11.0. The van der Waals surface area contributed by atoms with Crippen LogP contribution in [0.2, 0.25) is 0 Å². The smallest absolute Gasteiger partial charge is 0.177 e. The number of aromatic amines is 1. The molecule has 1 unspecified atom stereocenters. The fourth-order valence-electron chi connectivity index (χ4n) is 1.71. The van der Waals surface area contributed by atoms with Gasteiger partial charge in [0.1, 0.15) is 0 Å². The van der Waals surface area contributed by atoms with Crippen molar-refractivity contribution in [3.05, 3.63) is 24.2 Å². The first-order valence-electron chi connectivity index (χ1n) is 5.46. The molecule has 1 atom stereocenters. The van der Waals surface area contributed by atoms with E-state index >= 15 is 0 Å². The number of nitrogens with zero attached hydrogens (tertiary/aromatic N) is 2. The molecule has 0 fully saturated rings. The Labute approximate surface area is 94.7 Å². The summed E-state index contributed by atoms with van der Waals surface area (Å²) >= 11 is 0. The molecule has 0 spiro atoms. The molecule has 5 heteroatoms. The van der Waals surface area contributed by atoms with E-state index in [2.05, 4.69) is 32.5 Å². The highest BCUT2D eigenvalue weighted by Crippen LogP contribution is 2.11. The summed E-state index contributed by atoms with van der Waals surface area (Å²) in [4.78, 5) is 11.4. The molecule has 0 saturated carbocycles. The third-order valence-electron chi connectivity index (χ3n) is 2.56. The summed E-state index contributed by atoms with van der Waals surface area (Å²) in [5, 5.41) is 6.58. The highest BCUT2D eigenvalue weighted by molar-refractivity contribution is 5.73. The Balaban J connectivity index is 2.06. The average molecular weight is 219 g/mol. The van der Waals surface area contributed by atoms with E-state index in [1.807, 2.05) is 13.1 Å². The highest BCUT2D eigenvalue weighted by Gasteiger charge is 2.05. The van der Waals surface area contributed by atoms with Crippen LogP contribution in [0.15, 0.2) is 18.6 Å². The van der Waals surface area contributed by atoms with Gasteiger partial charge in [-0.15, -0.1) is 0 Å². The summed E-state index contributed by atoms with van der Waals surface area (Å²) in [7, 11) is 1.96. The summed E-state index contributed by atoms with van der Waals surface area (Å²) < 4.78 is 0. The Bertz CT molecular complexity index is 450. The van der Waals surface area contributed by atoms with Gasteiger partial charge in [0.15, 0.2) is 5.65 Å². The van der Waals surface area contributed by atoms with Gasteiger partial charge < -0.3 is 15.6 Å². The van der Waals surface area contributed by atoms with Crippen molar-refractivity contribution in [3.8, 4) is 0 Å². The third-order valence-corrected chi connectivity index (χ3v) is 2.56. The van der Waals surface area contributed by atoms with E-state index in [1.54, 1.807) is 12.5 Å². The van der Waals surface area contributed by atoms with Gasteiger partial charge in [0.05, 0.1) is 11.8 Å². The van der Waals surface area contributed by atoms with Crippen LogP contribution in [0.4, 0.5) is 0 Å². The van der Waals surface area contributed by atoms with Crippen LogP contribution in [0.3, 0.4) is 0 Å². The predicted octanol–water partition coefficient (Wildman–Crippen LogP) is 0.655. The van der Waals surface area contributed by atoms with Crippen LogP contribution in [0.1, 0.15) is 12.5 Å². The third kappa shape index (κ3) is 2.37. The van der Waals surface area contributed by atoms with Crippen molar-refractivity contribution in [2.75, 3.05) is 13.6 Å². The second-order valence-corrected chi connectivity index (χ2v) is 3.91. The first-order valence-corrected chi connectivity index (χ1v) is 5.46. The van der Waals surface area contributed by atoms with Gasteiger partial charge in [0, 0.05) is 25.3 Å². The molecule has 0 aliphatic rings. The van der Waals surface area contributed by atoms with Gasteiger partial charge in [-0.25, -0.2) is 9.97 Å². The molecule has 0 radical (unpaired) electrons. The van der Waals surface area contributed by atoms with Crippen LogP contribution in [-0.2, 0) is 6.54 Å². The first-order chi connectivity index (χ1) is 7.81. The minimum absolute atomic E-state index is 0.441. The molecule has 2 heterocycles. The summed E-state index contributed by atoms with van der Waals surface area (Å²) in [6, 6.07) is 2.45. The summed E-state index contributed by atoms with van der Waals surface area (Å²) in [5.74, 6) is 0. The van der Waals surface area contributed by atoms with Gasteiger partial charge in [-0.05, 0) is 25.6 Å². The van der Waals surface area contributed by atoms with Gasteiger partial charge in [-0.1, -0.05) is 0 Å². The Morgan fingerprint density at radius 3 is 3.12 bits per heavy atom. The molecule has 0 amide bonds. The van der Waals surface area contributed by atoms with Crippen molar-refractivity contribution < 1.29 is 0 Å². The van der Waals surface area contributed by atoms with Crippen molar-refractivity contribution in [2.45, 2.75) is 19.5 Å². The summed E-state index contributed by atoms with van der Waals surface area (Å²) in [6.07, 6.45) is 3.47. The molecule has 0 bridgehead atoms. The van der Waals surface area contributed by atoms with Crippen molar-refractivity contribution in [1.82, 2.24) is 25.6 Å². The second kappa shape index (κ2) is 5.05. The number of imidazole rings is 1. The Kier molecular flexibility index (Phi) is 3.48. The lowest BCUT2D eigenvalue weighted by Gasteiger charge is -2.13. The topological polar surface area (TPSA) is 65.6 Å². The lowest BCUT2D eigenvalue weighted by atomic mass is 10.2. The molecule has 3 N–H and O–H groups in total. The summed E-state index contributed by atoms with van der Waals surface area (Å²) in [5.41, 5.74) is 3.00. The number of H-pyrrole nitrogens is 1. The number of hydrogen-bond acceptors (Lipinski definition) is 4. The zero-order valence-electron chi connectivity index (χ0n) is 9.62. The maximum atomic E-state index is 4.18. The SMILES string of the molecule is CNCC(C)NCc1ccnc2nc[nH]c12. The zero-order valence-corrected chi connectivity index (χ0v) is 9.62. The van der Waals surface area contributed by atoms with Gasteiger partial charge in [-0.2, -0.15) is 0 Å². The average Bonchev–Trinajstić information content (AvgIpc) is 2.75. The second-order valence-electron chi connectivity index (χ2n) is 3.91. The zero-order chi connectivity index (χ0) is 11.4. The maximum absolute atomic E-state index is 4.18. The Hall–Kier alpha value is -1.46. The van der Waals surface area contributed by atoms with Gasteiger partial charge >= 0.3 is 0 Å². The molecule has 0 aromatic carbocycles. The van der Waals surface area contributed by atoms with E-state index in [4.69, 9.17) is 0 Å². The highest BCUT2D eigenvalue weighted by atomic mass is 15.0. The van der Waals surface area contributed by atoms with Crippen molar-refractivity contribution >= 4 is 11.2 Å². The van der Waals surface area contributed by atoms with Crippen LogP contribution in [0.5, 0.6) is 0 Å². The predicted molar refractivity (Wildman–Crippen MR) is 64.1 cm³/mol. The lowest BCUT2D eigenvalue weighted by Crippen LogP contribution is -2.34. The van der Waals surface area contributed by atoms with Crippen LogP contribution in [0, 0.1) is 0 Å². The number of fused-ring (bicyclic) bond motifs is 1. The van der Waals surface area contributed by atoms with Crippen molar-refractivity contribution in [2.24, 2.45) is 0 Å².